The first-order valence-corrected chi connectivity index (χ1v) is 24.8. The topological polar surface area (TPSA) is 89.9 Å². The minimum absolute atomic E-state index is 0.0614. The fourth-order valence-electron chi connectivity index (χ4n) is 5.63. The number of carbonyl (C=O) groups is 3. The summed E-state index contributed by atoms with van der Waals surface area (Å²) >= 11 is 8.16. The third-order valence-electron chi connectivity index (χ3n) is 8.82. The second-order valence-corrected chi connectivity index (χ2v) is 19.5. The van der Waals surface area contributed by atoms with Crippen LogP contribution in [0.4, 0.5) is 0 Å². The minimum Gasteiger partial charge on any atom is -0.469 e. The van der Waals surface area contributed by atoms with Crippen LogP contribution in [0.15, 0.2) is 48.6 Å². The van der Waals surface area contributed by atoms with Crippen LogP contribution in [0.2, 0.25) is 0 Å². The Bertz CT molecular complexity index is 1000. The van der Waals surface area contributed by atoms with Crippen LogP contribution >= 0.6 is 47.0 Å². The molecule has 2 rings (SSSR count). The normalized spacial score (nSPS) is 16.5. The molecule has 0 bridgehead atoms. The number of methoxy groups -OCH3 is 2. The molecule has 2 aliphatic heterocycles. The lowest BCUT2D eigenvalue weighted by atomic mass is 10.0. The highest BCUT2D eigenvalue weighted by Gasteiger charge is 2.39. The molecule has 2 aliphatic rings. The van der Waals surface area contributed by atoms with Crippen LogP contribution in [0.25, 0.3) is 0 Å². The van der Waals surface area contributed by atoms with Gasteiger partial charge >= 0.3 is 11.9 Å². The van der Waals surface area contributed by atoms with Gasteiger partial charge < -0.3 is 19.4 Å². The van der Waals surface area contributed by atoms with Crippen molar-refractivity contribution in [3.8, 4) is 0 Å². The number of esters is 2. The highest BCUT2D eigenvalue weighted by atomic mass is 32.2. The lowest BCUT2D eigenvalue weighted by Gasteiger charge is -2.39. The summed E-state index contributed by atoms with van der Waals surface area (Å²) in [4.78, 5) is 31.7. The van der Waals surface area contributed by atoms with E-state index in [-0.39, 0.29) is 22.1 Å². The zero-order valence-corrected chi connectivity index (χ0v) is 37.6. The summed E-state index contributed by atoms with van der Waals surface area (Å²) < 4.78 is 9.94. The quantitative estimate of drug-likeness (QED) is 0.0373. The molecule has 10 heteroatoms. The summed E-state index contributed by atoms with van der Waals surface area (Å²) in [5.41, 5.74) is 0. The number of carbonyl (C=O) groups excluding carboxylic acids is 3. The summed E-state index contributed by atoms with van der Waals surface area (Å²) in [5.74, 6) is 4.79. The monoisotopic (exact) mass is 828 g/mol. The Labute approximate surface area is 348 Å². The number of aliphatic hydroxyl groups is 1. The van der Waals surface area contributed by atoms with Crippen LogP contribution in [-0.2, 0) is 23.9 Å². The highest BCUT2D eigenvalue weighted by molar-refractivity contribution is 8.19. The first kappa shape index (κ1) is 52.9. The predicted molar refractivity (Wildman–Crippen MR) is 242 cm³/mol. The number of hydrogen-bond donors (Lipinski definition) is 1. The molecule has 1 N–H and O–H groups in total. The first-order chi connectivity index (χ1) is 26.4. The van der Waals surface area contributed by atoms with E-state index in [1.165, 1.54) is 45.0 Å². The number of allylic oxidation sites excluding steroid dienone is 8. The van der Waals surface area contributed by atoms with Crippen LogP contribution in [-0.4, -0.2) is 75.3 Å². The second-order valence-electron chi connectivity index (χ2n) is 13.4. The summed E-state index contributed by atoms with van der Waals surface area (Å²) in [6.45, 7) is 4.33. The van der Waals surface area contributed by atoms with E-state index in [1.54, 1.807) is 0 Å². The van der Waals surface area contributed by atoms with Crippen molar-refractivity contribution in [1.82, 2.24) is 0 Å². The number of unbranched alkanes of at least 4 members (excludes halogenated alkanes) is 9. The molecule has 0 aliphatic carbocycles. The summed E-state index contributed by atoms with van der Waals surface area (Å²) in [7, 11) is 2.85. The van der Waals surface area contributed by atoms with Gasteiger partial charge in [-0.25, -0.2) is 0 Å². The van der Waals surface area contributed by atoms with Gasteiger partial charge in [-0.2, -0.15) is 0 Å². The molecule has 0 amide bonds. The third kappa shape index (κ3) is 32.1. The number of aliphatic hydroxyl groups excluding tert-OH is 1. The lowest BCUT2D eigenvalue weighted by molar-refractivity contribution is -0.141. The molecule has 0 spiro atoms. The van der Waals surface area contributed by atoms with E-state index >= 15 is 0 Å². The van der Waals surface area contributed by atoms with Crippen molar-refractivity contribution < 1.29 is 29.0 Å². The Morgan fingerprint density at radius 2 is 1.15 bits per heavy atom. The van der Waals surface area contributed by atoms with E-state index in [0.717, 1.165) is 125 Å². The van der Waals surface area contributed by atoms with Crippen molar-refractivity contribution in [1.29, 1.82) is 0 Å². The van der Waals surface area contributed by atoms with Crippen molar-refractivity contribution in [3.63, 3.8) is 0 Å². The molecule has 1 atom stereocenters. The Balaban J connectivity index is 0.000000871. The van der Waals surface area contributed by atoms with Gasteiger partial charge in [0.05, 0.1) is 29.0 Å². The Kier molecular flexibility index (Phi) is 39.3. The molecular weight excluding hydrogens is 753 g/mol. The van der Waals surface area contributed by atoms with Crippen molar-refractivity contribution in [2.45, 2.75) is 170 Å². The maximum atomic E-state index is 11.1. The number of hydrogen-bond acceptors (Lipinski definition) is 10. The molecule has 1 unspecified atom stereocenters. The molecule has 2 fully saturated rings. The molecule has 0 saturated carbocycles. The third-order valence-corrected chi connectivity index (χ3v) is 15.4. The zero-order chi connectivity index (χ0) is 39.8. The van der Waals surface area contributed by atoms with Gasteiger partial charge in [-0.3, -0.25) is 9.59 Å². The molecule has 2 saturated heterocycles. The lowest BCUT2D eigenvalue weighted by Crippen LogP contribution is -2.38. The molecule has 0 aromatic rings. The average molecular weight is 829 g/mol. The van der Waals surface area contributed by atoms with Crippen molar-refractivity contribution in [2.24, 2.45) is 0 Å². The largest absolute Gasteiger partial charge is 0.469 e. The van der Waals surface area contributed by atoms with Crippen LogP contribution in [0.1, 0.15) is 155 Å². The van der Waals surface area contributed by atoms with E-state index in [4.69, 9.17) is 0 Å². The van der Waals surface area contributed by atoms with E-state index in [9.17, 15) is 19.5 Å². The molecule has 54 heavy (non-hydrogen) atoms. The van der Waals surface area contributed by atoms with Gasteiger partial charge in [0.25, 0.3) is 0 Å². The van der Waals surface area contributed by atoms with E-state index in [1.807, 2.05) is 23.5 Å². The molecule has 0 radical (unpaired) electrons. The summed E-state index contributed by atoms with van der Waals surface area (Å²) in [6.07, 6.45) is 40.9. The Morgan fingerprint density at radius 3 is 1.69 bits per heavy atom. The minimum atomic E-state index is -0.251. The van der Waals surface area contributed by atoms with E-state index < -0.39 is 0 Å². The average Bonchev–Trinajstić information content (AvgIpc) is 3.20. The molecule has 2 heterocycles. The first-order valence-electron chi connectivity index (χ1n) is 20.7. The molecule has 312 valence electrons. The number of thioether (sulfide) groups is 4. The van der Waals surface area contributed by atoms with Gasteiger partial charge in [-0.15, -0.1) is 47.0 Å². The Hall–Kier alpha value is -1.07. The van der Waals surface area contributed by atoms with Crippen LogP contribution in [0, 0.1) is 0 Å². The van der Waals surface area contributed by atoms with Crippen molar-refractivity contribution in [2.75, 3.05) is 37.2 Å². The van der Waals surface area contributed by atoms with Gasteiger partial charge in [-0.05, 0) is 100 Å². The van der Waals surface area contributed by atoms with Crippen LogP contribution in [0.5, 0.6) is 0 Å². The fourth-order valence-corrected chi connectivity index (χ4v) is 11.7. The molecule has 0 aromatic heterocycles. The van der Waals surface area contributed by atoms with Crippen LogP contribution < -0.4 is 0 Å². The predicted octanol–water partition coefficient (Wildman–Crippen LogP) is 12.7. The fraction of sp³-hybridized carbons (Fsp3) is 0.750. The van der Waals surface area contributed by atoms with Crippen molar-refractivity contribution in [3.05, 3.63) is 48.6 Å². The number of ether oxygens (including phenoxy) is 2. The zero-order valence-electron chi connectivity index (χ0n) is 34.4. The standard InChI is InChI=1S/C22H38O3S2.C12H20S2.C10H18O3/c1-3-4-5-6-10-13-17-22(26-18-14-19-27-22)20(23)15-11-8-7-9-12-16-21(24)25-2;1-2-3-4-5-6-7-9-12-13-10-8-11-14-12;1-13-10(12)8-6-4-2-3-5-7-9-11/h4-5,10,13,20,23H,3,6-9,11-12,14-19H2,1-2H3;3-4,6-7,12H,2,5,8-11H2,1H3;9H,2-8H2,1H3/b5-4-,13-10-;4-3-,7-6-;. The second kappa shape index (κ2) is 40.1. The van der Waals surface area contributed by atoms with Crippen LogP contribution in [0.3, 0.4) is 0 Å². The summed E-state index contributed by atoms with van der Waals surface area (Å²) in [6, 6.07) is 0. The van der Waals surface area contributed by atoms with Gasteiger partial charge in [-0.1, -0.05) is 107 Å². The van der Waals surface area contributed by atoms with Gasteiger partial charge in [0.1, 0.15) is 6.29 Å². The van der Waals surface area contributed by atoms with E-state index in [0.29, 0.717) is 19.3 Å². The SMILES string of the molecule is CC/C=C\C/C=C\CC1(C(O)CCCCCCCC(=O)OC)SCCCS1.CC/C=C\C/C=C\CC1SCCCS1.COC(=O)CCCCCCCC=O. The molecular formula is C44H76O6S4. The van der Waals surface area contributed by atoms with Gasteiger partial charge in [0.15, 0.2) is 0 Å². The molecule has 6 nitrogen and oxygen atoms in total. The summed E-state index contributed by atoms with van der Waals surface area (Å²) in [5, 5.41) is 10.9. The molecule has 0 aromatic carbocycles. The Morgan fingerprint density at radius 1 is 0.667 bits per heavy atom. The highest BCUT2D eigenvalue weighted by Crippen LogP contribution is 2.48. The van der Waals surface area contributed by atoms with Gasteiger partial charge in [0.2, 0.25) is 0 Å². The number of aldehydes is 1. The van der Waals surface area contributed by atoms with Crippen molar-refractivity contribution >= 4 is 65.3 Å². The maximum Gasteiger partial charge on any atom is 0.305 e. The van der Waals surface area contributed by atoms with Gasteiger partial charge in [0, 0.05) is 19.3 Å². The smallest absolute Gasteiger partial charge is 0.305 e. The number of rotatable bonds is 27. The van der Waals surface area contributed by atoms with E-state index in [2.05, 4.69) is 95.5 Å². The maximum absolute atomic E-state index is 11.1.